The first kappa shape index (κ1) is 79.1. The molecule has 0 heterocycles. The molecule has 82 heavy (non-hydrogen) atoms. The third-order valence-electron chi connectivity index (χ3n) is 16.3. The molecule has 0 saturated carbocycles. The van der Waals surface area contributed by atoms with Gasteiger partial charge in [-0.3, -0.25) is 14.4 Å². The fraction of sp³-hybridized carbons (Fsp3) is 0.829. The van der Waals surface area contributed by atoms with Crippen molar-refractivity contribution >= 4 is 17.9 Å². The van der Waals surface area contributed by atoms with Gasteiger partial charge in [0.1, 0.15) is 13.2 Å². The quantitative estimate of drug-likeness (QED) is 0.0261. The molecule has 0 aliphatic heterocycles. The van der Waals surface area contributed by atoms with E-state index in [0.29, 0.717) is 19.3 Å². The van der Waals surface area contributed by atoms with Gasteiger partial charge in [-0.25, -0.2) is 0 Å². The summed E-state index contributed by atoms with van der Waals surface area (Å²) in [6.45, 7) is 6.57. The maximum atomic E-state index is 12.9. The minimum absolute atomic E-state index is 0.0697. The third-order valence-corrected chi connectivity index (χ3v) is 16.3. The van der Waals surface area contributed by atoms with Crippen LogP contribution in [0.5, 0.6) is 0 Å². The Kier molecular flexibility index (Phi) is 68.1. The molecular formula is C76H138O6. The molecule has 0 N–H and O–H groups in total. The number of ether oxygens (including phenoxy) is 3. The van der Waals surface area contributed by atoms with E-state index in [4.69, 9.17) is 14.2 Å². The number of hydrogen-bond donors (Lipinski definition) is 0. The molecule has 0 bridgehead atoms. The number of esters is 3. The van der Waals surface area contributed by atoms with E-state index in [-0.39, 0.29) is 31.1 Å². The molecule has 0 aliphatic rings. The third kappa shape index (κ3) is 67.9. The molecule has 6 heteroatoms. The second-order valence-electron chi connectivity index (χ2n) is 24.5. The van der Waals surface area contributed by atoms with Gasteiger partial charge < -0.3 is 14.2 Å². The Bertz CT molecular complexity index is 1460. The number of rotatable bonds is 67. The van der Waals surface area contributed by atoms with Crippen LogP contribution in [0.2, 0.25) is 0 Å². The summed E-state index contributed by atoms with van der Waals surface area (Å²) >= 11 is 0. The molecule has 0 rings (SSSR count). The highest BCUT2D eigenvalue weighted by molar-refractivity contribution is 5.71. The summed E-state index contributed by atoms with van der Waals surface area (Å²) in [5.41, 5.74) is 0. The van der Waals surface area contributed by atoms with E-state index < -0.39 is 6.10 Å². The van der Waals surface area contributed by atoms with E-state index in [9.17, 15) is 14.4 Å². The number of carbonyl (C=O) groups is 3. The molecule has 1 unspecified atom stereocenters. The first-order valence-corrected chi connectivity index (χ1v) is 36.3. The van der Waals surface area contributed by atoms with Crippen molar-refractivity contribution in [3.05, 3.63) is 60.8 Å². The molecule has 0 aliphatic carbocycles. The highest BCUT2D eigenvalue weighted by Crippen LogP contribution is 2.19. The van der Waals surface area contributed by atoms with Gasteiger partial charge in [-0.05, 0) is 64.2 Å². The van der Waals surface area contributed by atoms with Crippen molar-refractivity contribution < 1.29 is 28.6 Å². The largest absolute Gasteiger partial charge is 0.462 e. The van der Waals surface area contributed by atoms with Crippen LogP contribution in [0.25, 0.3) is 0 Å². The van der Waals surface area contributed by atoms with Crippen molar-refractivity contribution in [1.82, 2.24) is 0 Å². The minimum Gasteiger partial charge on any atom is -0.462 e. The van der Waals surface area contributed by atoms with Crippen LogP contribution >= 0.6 is 0 Å². The van der Waals surface area contributed by atoms with Gasteiger partial charge in [0.15, 0.2) is 6.10 Å². The fourth-order valence-electron chi connectivity index (χ4n) is 10.9. The van der Waals surface area contributed by atoms with E-state index in [1.165, 1.54) is 257 Å². The van der Waals surface area contributed by atoms with E-state index in [1.807, 2.05) is 0 Å². The zero-order chi connectivity index (χ0) is 59.2. The van der Waals surface area contributed by atoms with Gasteiger partial charge >= 0.3 is 17.9 Å². The molecule has 0 aromatic carbocycles. The zero-order valence-electron chi connectivity index (χ0n) is 55.0. The minimum atomic E-state index is -0.773. The van der Waals surface area contributed by atoms with E-state index >= 15 is 0 Å². The first-order valence-electron chi connectivity index (χ1n) is 36.3. The molecule has 0 aromatic heterocycles. The van der Waals surface area contributed by atoms with Crippen molar-refractivity contribution in [2.75, 3.05) is 13.2 Å². The molecule has 478 valence electrons. The SMILES string of the molecule is CC/C=C\C/C=C\C/C=C\C/C=C\C/C=C\CCCCCCCCCCCCCC(=O)OC(COC(=O)CCCCCCCCCCC)COC(=O)CCCCCCCCCCCCCCCCCCCCCCCCCCCCCC. The number of hydrogen-bond acceptors (Lipinski definition) is 6. The van der Waals surface area contributed by atoms with Gasteiger partial charge in [0.2, 0.25) is 0 Å². The summed E-state index contributed by atoms with van der Waals surface area (Å²) in [5.74, 6) is -0.851. The molecule has 1 atom stereocenters. The Labute approximate surface area is 510 Å². The lowest BCUT2D eigenvalue weighted by Crippen LogP contribution is -2.30. The molecular weight excluding hydrogens is 1010 g/mol. The Balaban J connectivity index is 4.11. The van der Waals surface area contributed by atoms with E-state index in [1.54, 1.807) is 0 Å². The highest BCUT2D eigenvalue weighted by Gasteiger charge is 2.19. The lowest BCUT2D eigenvalue weighted by Gasteiger charge is -2.18. The van der Waals surface area contributed by atoms with Crippen LogP contribution in [0.15, 0.2) is 60.8 Å². The monoisotopic (exact) mass is 1150 g/mol. The van der Waals surface area contributed by atoms with Crippen molar-refractivity contribution in [3.8, 4) is 0 Å². The lowest BCUT2D eigenvalue weighted by molar-refractivity contribution is -0.167. The Hall–Kier alpha value is -2.89. The van der Waals surface area contributed by atoms with Crippen LogP contribution < -0.4 is 0 Å². The van der Waals surface area contributed by atoms with Crippen LogP contribution in [0, 0.1) is 0 Å². The van der Waals surface area contributed by atoms with Crippen LogP contribution in [0.1, 0.15) is 387 Å². The molecule has 6 nitrogen and oxygen atoms in total. The predicted molar refractivity (Wildman–Crippen MR) is 358 cm³/mol. The first-order chi connectivity index (χ1) is 40.5. The molecule has 0 spiro atoms. The Morgan fingerprint density at radius 1 is 0.256 bits per heavy atom. The van der Waals surface area contributed by atoms with E-state index in [2.05, 4.69) is 81.5 Å². The van der Waals surface area contributed by atoms with Gasteiger partial charge in [0, 0.05) is 19.3 Å². The standard InChI is InChI=1S/C76H138O6/c1-4-7-10-13-16-19-21-23-25-27-29-31-33-35-37-39-40-42-44-46-48-50-52-54-57-60-63-66-69-75(78)81-72-73(71-80-74(77)68-65-62-59-56-18-15-12-9-6-3)82-76(79)70-67-64-61-58-55-53-51-49-47-45-43-41-38-36-34-32-30-28-26-24-22-20-17-14-11-8-5-2/h8,11,17,20,24,26,30,32,36,38,73H,4-7,9-10,12-16,18-19,21-23,25,27-29,31,33-35,37,39-72H2,1-3H3/b11-8-,20-17-,26-24-,32-30-,38-36-. The number of allylic oxidation sites excluding steroid dienone is 10. The zero-order valence-corrected chi connectivity index (χ0v) is 55.0. The van der Waals surface area contributed by atoms with Gasteiger partial charge in [0.25, 0.3) is 0 Å². The summed E-state index contributed by atoms with van der Waals surface area (Å²) in [5, 5.41) is 0. The predicted octanol–water partition coefficient (Wildman–Crippen LogP) is 25.1. The topological polar surface area (TPSA) is 78.9 Å². The summed E-state index contributed by atoms with van der Waals surface area (Å²) in [6.07, 6.45) is 91.3. The fourth-order valence-corrected chi connectivity index (χ4v) is 10.9. The van der Waals surface area contributed by atoms with Gasteiger partial charge in [-0.2, -0.15) is 0 Å². The Morgan fingerprint density at radius 3 is 0.744 bits per heavy atom. The average Bonchev–Trinajstić information content (AvgIpc) is 3.48. The van der Waals surface area contributed by atoms with Crippen LogP contribution in [0.3, 0.4) is 0 Å². The van der Waals surface area contributed by atoms with Crippen molar-refractivity contribution in [1.29, 1.82) is 0 Å². The van der Waals surface area contributed by atoms with Gasteiger partial charge in [-0.1, -0.05) is 364 Å². The maximum Gasteiger partial charge on any atom is 0.306 e. The van der Waals surface area contributed by atoms with Crippen molar-refractivity contribution in [3.63, 3.8) is 0 Å². The van der Waals surface area contributed by atoms with Crippen LogP contribution in [-0.2, 0) is 28.6 Å². The molecule has 0 amide bonds. The normalized spacial score (nSPS) is 12.4. The number of carbonyl (C=O) groups excluding carboxylic acids is 3. The van der Waals surface area contributed by atoms with Gasteiger partial charge in [0.05, 0.1) is 0 Å². The highest BCUT2D eigenvalue weighted by atomic mass is 16.6. The summed E-state index contributed by atoms with van der Waals surface area (Å²) in [7, 11) is 0. The van der Waals surface area contributed by atoms with Gasteiger partial charge in [-0.15, -0.1) is 0 Å². The lowest BCUT2D eigenvalue weighted by atomic mass is 10.0. The van der Waals surface area contributed by atoms with Crippen LogP contribution in [0.4, 0.5) is 0 Å². The number of unbranched alkanes of at least 4 members (excludes halogenated alkanes) is 46. The summed E-state index contributed by atoms with van der Waals surface area (Å²) in [6, 6.07) is 0. The molecule has 0 aromatic rings. The van der Waals surface area contributed by atoms with Crippen molar-refractivity contribution in [2.45, 2.75) is 393 Å². The Morgan fingerprint density at radius 2 is 0.476 bits per heavy atom. The summed E-state index contributed by atoms with van der Waals surface area (Å²) < 4.78 is 17.0. The average molecular weight is 1150 g/mol. The maximum absolute atomic E-state index is 12.9. The molecule has 0 saturated heterocycles. The summed E-state index contributed by atoms with van der Waals surface area (Å²) in [4.78, 5) is 38.3. The smallest absolute Gasteiger partial charge is 0.306 e. The van der Waals surface area contributed by atoms with Crippen molar-refractivity contribution in [2.24, 2.45) is 0 Å². The molecule has 0 radical (unpaired) electrons. The van der Waals surface area contributed by atoms with E-state index in [0.717, 1.165) is 89.9 Å². The molecule has 0 fully saturated rings. The second kappa shape index (κ2) is 70.6. The van der Waals surface area contributed by atoms with Crippen LogP contribution in [-0.4, -0.2) is 37.2 Å². The second-order valence-corrected chi connectivity index (χ2v) is 24.5.